The molecule has 2 rings (SSSR count). The molecule has 0 atom stereocenters. The highest BCUT2D eigenvalue weighted by molar-refractivity contribution is 5.81. The van der Waals surface area contributed by atoms with Crippen molar-refractivity contribution in [3.63, 3.8) is 0 Å². The molecule has 156 valence electrons. The molecule has 0 saturated carbocycles. The number of hydrogen-bond donors (Lipinski definition) is 3. The minimum absolute atomic E-state index is 0.0604. The summed E-state index contributed by atoms with van der Waals surface area (Å²) in [6, 6.07) is 8.77. The summed E-state index contributed by atoms with van der Waals surface area (Å²) >= 11 is 0. The number of aliphatic imine (C=N–C) groups is 1. The standard InChI is InChI=1S/C22H37N5O/c1-5-23-21(25-13-12-24-20(28)22(2,3)4)26-16-18-8-10-19(11-9-18)17-27-14-6-7-15-27/h8-11H,5-7,12-17H2,1-4H3,(H,24,28)(H2,23,25,26). The van der Waals surface area contributed by atoms with Crippen LogP contribution in [-0.2, 0) is 17.9 Å². The number of benzene rings is 1. The van der Waals surface area contributed by atoms with E-state index in [4.69, 9.17) is 0 Å². The average Bonchev–Trinajstić information content (AvgIpc) is 3.16. The van der Waals surface area contributed by atoms with Gasteiger partial charge < -0.3 is 16.0 Å². The fraction of sp³-hybridized carbons (Fsp3) is 0.636. The van der Waals surface area contributed by atoms with Gasteiger partial charge in [0.15, 0.2) is 5.96 Å². The van der Waals surface area contributed by atoms with Crippen LogP contribution in [0.5, 0.6) is 0 Å². The Morgan fingerprint density at radius 3 is 2.21 bits per heavy atom. The van der Waals surface area contributed by atoms with Gasteiger partial charge in [0, 0.05) is 31.6 Å². The quantitative estimate of drug-likeness (QED) is 0.364. The first-order chi connectivity index (χ1) is 13.4. The zero-order valence-electron chi connectivity index (χ0n) is 18.0. The Hall–Kier alpha value is -2.08. The van der Waals surface area contributed by atoms with Gasteiger partial charge in [-0.1, -0.05) is 45.0 Å². The van der Waals surface area contributed by atoms with E-state index in [0.717, 1.165) is 19.0 Å². The van der Waals surface area contributed by atoms with Crippen LogP contribution in [0, 0.1) is 5.41 Å². The van der Waals surface area contributed by atoms with Crippen LogP contribution in [0.25, 0.3) is 0 Å². The number of nitrogens with one attached hydrogen (secondary N) is 3. The normalized spacial score (nSPS) is 15.5. The van der Waals surface area contributed by atoms with E-state index in [1.807, 2.05) is 27.7 Å². The number of amides is 1. The predicted molar refractivity (Wildman–Crippen MR) is 116 cm³/mol. The van der Waals surface area contributed by atoms with Crippen LogP contribution in [0.4, 0.5) is 0 Å². The predicted octanol–water partition coefficient (Wildman–Crippen LogP) is 2.50. The molecule has 1 amide bonds. The van der Waals surface area contributed by atoms with Crippen molar-refractivity contribution in [2.24, 2.45) is 10.4 Å². The van der Waals surface area contributed by atoms with Gasteiger partial charge in [0.2, 0.25) is 5.91 Å². The summed E-state index contributed by atoms with van der Waals surface area (Å²) in [6.45, 7) is 13.9. The van der Waals surface area contributed by atoms with Crippen LogP contribution in [0.1, 0.15) is 51.7 Å². The lowest BCUT2D eigenvalue weighted by Crippen LogP contribution is -2.43. The molecule has 1 fully saturated rings. The number of carbonyl (C=O) groups excluding carboxylic acids is 1. The molecule has 3 N–H and O–H groups in total. The third kappa shape index (κ3) is 7.89. The first-order valence-corrected chi connectivity index (χ1v) is 10.5. The zero-order chi connectivity index (χ0) is 20.4. The van der Waals surface area contributed by atoms with Crippen molar-refractivity contribution in [3.05, 3.63) is 35.4 Å². The van der Waals surface area contributed by atoms with E-state index in [2.05, 4.69) is 50.1 Å². The number of guanidine groups is 1. The molecule has 1 aromatic carbocycles. The Balaban J connectivity index is 1.78. The van der Waals surface area contributed by atoms with E-state index < -0.39 is 0 Å². The molecular formula is C22H37N5O. The van der Waals surface area contributed by atoms with Gasteiger partial charge in [-0.3, -0.25) is 9.69 Å². The second kappa shape index (κ2) is 11.1. The van der Waals surface area contributed by atoms with Gasteiger partial charge >= 0.3 is 0 Å². The lowest BCUT2D eigenvalue weighted by atomic mass is 9.96. The second-order valence-corrected chi connectivity index (χ2v) is 8.43. The van der Waals surface area contributed by atoms with E-state index in [-0.39, 0.29) is 11.3 Å². The van der Waals surface area contributed by atoms with Crippen LogP contribution in [0.2, 0.25) is 0 Å². The summed E-state index contributed by atoms with van der Waals surface area (Å²) in [5, 5.41) is 9.47. The molecule has 1 aliphatic heterocycles. The van der Waals surface area contributed by atoms with Crippen molar-refractivity contribution >= 4 is 11.9 Å². The molecule has 1 aromatic rings. The van der Waals surface area contributed by atoms with Crippen LogP contribution >= 0.6 is 0 Å². The maximum atomic E-state index is 11.9. The number of hydrogen-bond acceptors (Lipinski definition) is 3. The third-order valence-corrected chi connectivity index (χ3v) is 4.78. The number of carbonyl (C=O) groups is 1. The highest BCUT2D eigenvalue weighted by Crippen LogP contribution is 2.14. The largest absolute Gasteiger partial charge is 0.357 e. The van der Waals surface area contributed by atoms with Crippen molar-refractivity contribution < 1.29 is 4.79 Å². The lowest BCUT2D eigenvalue weighted by molar-refractivity contribution is -0.128. The molecule has 1 saturated heterocycles. The SMILES string of the molecule is CCNC(=NCc1ccc(CN2CCCC2)cc1)NCCNC(=O)C(C)(C)C. The summed E-state index contributed by atoms with van der Waals surface area (Å²) in [4.78, 5) is 19.1. The Labute approximate surface area is 170 Å². The van der Waals surface area contributed by atoms with Gasteiger partial charge in [-0.25, -0.2) is 4.99 Å². The zero-order valence-corrected chi connectivity index (χ0v) is 18.0. The Kier molecular flexibility index (Phi) is 8.77. The first kappa shape index (κ1) is 22.2. The van der Waals surface area contributed by atoms with Crippen molar-refractivity contribution in [3.8, 4) is 0 Å². The topological polar surface area (TPSA) is 68.8 Å². The second-order valence-electron chi connectivity index (χ2n) is 8.43. The Bertz CT molecular complexity index is 627. The van der Waals surface area contributed by atoms with E-state index in [0.29, 0.717) is 19.6 Å². The van der Waals surface area contributed by atoms with E-state index in [1.165, 1.54) is 37.1 Å². The van der Waals surface area contributed by atoms with Crippen molar-refractivity contribution in [1.82, 2.24) is 20.9 Å². The molecule has 0 aromatic heterocycles. The van der Waals surface area contributed by atoms with Crippen LogP contribution in [-0.4, -0.2) is 49.5 Å². The Morgan fingerprint density at radius 1 is 1.00 bits per heavy atom. The van der Waals surface area contributed by atoms with Gasteiger partial charge in [0.1, 0.15) is 0 Å². The van der Waals surface area contributed by atoms with E-state index >= 15 is 0 Å². The smallest absolute Gasteiger partial charge is 0.225 e. The third-order valence-electron chi connectivity index (χ3n) is 4.78. The maximum absolute atomic E-state index is 11.9. The Morgan fingerprint density at radius 2 is 1.61 bits per heavy atom. The number of likely N-dealkylation sites (tertiary alicyclic amines) is 1. The number of nitrogens with zero attached hydrogens (tertiary/aromatic N) is 2. The maximum Gasteiger partial charge on any atom is 0.225 e. The minimum atomic E-state index is -0.362. The summed E-state index contributed by atoms with van der Waals surface area (Å²) < 4.78 is 0. The van der Waals surface area contributed by atoms with Crippen LogP contribution in [0.3, 0.4) is 0 Å². The molecule has 0 bridgehead atoms. The molecule has 0 spiro atoms. The molecular weight excluding hydrogens is 350 g/mol. The first-order valence-electron chi connectivity index (χ1n) is 10.5. The van der Waals surface area contributed by atoms with Crippen LogP contribution < -0.4 is 16.0 Å². The molecule has 6 nitrogen and oxygen atoms in total. The molecule has 1 heterocycles. The van der Waals surface area contributed by atoms with E-state index in [9.17, 15) is 4.79 Å². The molecule has 28 heavy (non-hydrogen) atoms. The van der Waals surface area contributed by atoms with Crippen molar-refractivity contribution in [1.29, 1.82) is 0 Å². The van der Waals surface area contributed by atoms with Crippen LogP contribution in [0.15, 0.2) is 29.3 Å². The number of rotatable bonds is 8. The fourth-order valence-electron chi connectivity index (χ4n) is 3.08. The molecule has 0 unspecified atom stereocenters. The van der Waals surface area contributed by atoms with Gasteiger partial charge in [0.25, 0.3) is 0 Å². The van der Waals surface area contributed by atoms with Gasteiger partial charge in [-0.05, 0) is 44.0 Å². The van der Waals surface area contributed by atoms with Gasteiger partial charge in [-0.15, -0.1) is 0 Å². The summed E-state index contributed by atoms with van der Waals surface area (Å²) in [5.74, 6) is 0.832. The van der Waals surface area contributed by atoms with E-state index in [1.54, 1.807) is 0 Å². The lowest BCUT2D eigenvalue weighted by Gasteiger charge is -2.18. The van der Waals surface area contributed by atoms with Crippen molar-refractivity contribution in [2.75, 3.05) is 32.7 Å². The highest BCUT2D eigenvalue weighted by atomic mass is 16.2. The highest BCUT2D eigenvalue weighted by Gasteiger charge is 2.20. The molecule has 0 aliphatic carbocycles. The van der Waals surface area contributed by atoms with Gasteiger partial charge in [0.05, 0.1) is 6.54 Å². The minimum Gasteiger partial charge on any atom is -0.357 e. The van der Waals surface area contributed by atoms with Crippen molar-refractivity contribution in [2.45, 2.75) is 53.6 Å². The molecule has 6 heteroatoms. The average molecular weight is 388 g/mol. The summed E-state index contributed by atoms with van der Waals surface area (Å²) in [5.41, 5.74) is 2.21. The summed E-state index contributed by atoms with van der Waals surface area (Å²) in [7, 11) is 0. The molecule has 1 aliphatic rings. The van der Waals surface area contributed by atoms with Gasteiger partial charge in [-0.2, -0.15) is 0 Å². The fourth-order valence-corrected chi connectivity index (χ4v) is 3.08. The monoisotopic (exact) mass is 387 g/mol. The summed E-state index contributed by atoms with van der Waals surface area (Å²) in [6.07, 6.45) is 2.65. The molecule has 0 radical (unpaired) electrons.